The van der Waals surface area contributed by atoms with Crippen LogP contribution in [0.15, 0.2) is 51.7 Å². The number of phenols is 1. The summed E-state index contributed by atoms with van der Waals surface area (Å²) < 4.78 is 11.8. The number of phenolic OH excluding ortho intramolecular Hbond substituents is 1. The SMILES string of the molecule is Cc1cc(=O)c2cc3c(cc2o1)OC(C)(C)[C@H](OOC[C@@](O)(Cc1ccc(O)cc1)[C@@H](O)[C@H](O)[C@H](O)CO)C3. The van der Waals surface area contributed by atoms with Crippen molar-refractivity contribution in [3.8, 4) is 11.5 Å². The molecule has 11 heteroatoms. The lowest BCUT2D eigenvalue weighted by atomic mass is 9.85. The van der Waals surface area contributed by atoms with Crippen LogP contribution in [0.3, 0.4) is 0 Å². The number of aromatic hydroxyl groups is 1. The molecule has 0 bridgehead atoms. The maximum absolute atomic E-state index is 12.5. The zero-order chi connectivity index (χ0) is 28.5. The van der Waals surface area contributed by atoms with Crippen LogP contribution in [0.1, 0.15) is 30.7 Å². The molecule has 0 unspecified atom stereocenters. The molecule has 0 saturated heterocycles. The topological polar surface area (TPSA) is 179 Å². The van der Waals surface area contributed by atoms with Crippen LogP contribution in [0.4, 0.5) is 0 Å². The monoisotopic (exact) mass is 546 g/mol. The molecule has 39 heavy (non-hydrogen) atoms. The quantitative estimate of drug-likeness (QED) is 0.157. The highest BCUT2D eigenvalue weighted by Crippen LogP contribution is 2.37. The Bertz CT molecular complexity index is 1350. The first-order valence-corrected chi connectivity index (χ1v) is 12.5. The molecule has 2 heterocycles. The molecule has 0 amide bonds. The number of benzene rings is 2. The van der Waals surface area contributed by atoms with Crippen molar-refractivity contribution in [2.24, 2.45) is 0 Å². The van der Waals surface area contributed by atoms with Crippen LogP contribution >= 0.6 is 0 Å². The van der Waals surface area contributed by atoms with E-state index >= 15 is 0 Å². The third-order valence-electron chi connectivity index (χ3n) is 6.98. The second-order valence-electron chi connectivity index (χ2n) is 10.6. The molecule has 4 rings (SSSR count). The Labute approximate surface area is 224 Å². The molecule has 1 aliphatic heterocycles. The van der Waals surface area contributed by atoms with Crippen molar-refractivity contribution in [3.63, 3.8) is 0 Å². The lowest BCUT2D eigenvalue weighted by molar-refractivity contribution is -0.369. The van der Waals surface area contributed by atoms with Gasteiger partial charge in [0.25, 0.3) is 0 Å². The molecule has 2 aromatic carbocycles. The predicted octanol–water partition coefficient (Wildman–Crippen LogP) is 0.886. The van der Waals surface area contributed by atoms with Crippen molar-refractivity contribution in [3.05, 3.63) is 69.6 Å². The van der Waals surface area contributed by atoms with E-state index in [4.69, 9.17) is 18.9 Å². The number of ether oxygens (including phenoxy) is 1. The Kier molecular flexibility index (Phi) is 8.33. The number of rotatable bonds is 10. The second kappa shape index (κ2) is 11.2. The fraction of sp³-hybridized carbons (Fsp3) is 0.464. The van der Waals surface area contributed by atoms with Crippen LogP contribution in [0.2, 0.25) is 0 Å². The Hall–Kier alpha value is -3.03. The van der Waals surface area contributed by atoms with Crippen molar-refractivity contribution in [1.82, 2.24) is 0 Å². The summed E-state index contributed by atoms with van der Waals surface area (Å²) in [5.41, 5.74) is -1.69. The molecule has 0 spiro atoms. The first kappa shape index (κ1) is 29.0. The number of aliphatic hydroxyl groups is 5. The van der Waals surface area contributed by atoms with E-state index in [9.17, 15) is 35.4 Å². The highest BCUT2D eigenvalue weighted by Gasteiger charge is 2.45. The van der Waals surface area contributed by atoms with Gasteiger partial charge in [0.1, 0.15) is 65.1 Å². The summed E-state index contributed by atoms with van der Waals surface area (Å²) in [6.45, 7) is 3.77. The Morgan fingerprint density at radius 3 is 2.49 bits per heavy atom. The Morgan fingerprint density at radius 2 is 1.82 bits per heavy atom. The van der Waals surface area contributed by atoms with E-state index < -0.39 is 48.8 Å². The minimum atomic E-state index is -2.17. The van der Waals surface area contributed by atoms with Gasteiger partial charge >= 0.3 is 0 Å². The van der Waals surface area contributed by atoms with E-state index in [2.05, 4.69) is 0 Å². The number of hydrogen-bond acceptors (Lipinski definition) is 11. The van der Waals surface area contributed by atoms with Gasteiger partial charge in [0.15, 0.2) is 5.43 Å². The third-order valence-corrected chi connectivity index (χ3v) is 6.98. The highest BCUT2D eigenvalue weighted by molar-refractivity contribution is 5.79. The molecule has 0 radical (unpaired) electrons. The van der Waals surface area contributed by atoms with Gasteiger partial charge in [-0.1, -0.05) is 12.1 Å². The zero-order valence-corrected chi connectivity index (χ0v) is 21.9. The first-order chi connectivity index (χ1) is 18.3. The average molecular weight is 547 g/mol. The third kappa shape index (κ3) is 6.25. The lowest BCUT2D eigenvalue weighted by Crippen LogP contribution is -2.57. The summed E-state index contributed by atoms with van der Waals surface area (Å²) in [5, 5.41) is 61.4. The van der Waals surface area contributed by atoms with Gasteiger partial charge in [-0.2, -0.15) is 0 Å². The molecular weight excluding hydrogens is 512 g/mol. The largest absolute Gasteiger partial charge is 0.508 e. The summed E-state index contributed by atoms with van der Waals surface area (Å²) in [7, 11) is 0. The molecule has 3 aromatic rings. The summed E-state index contributed by atoms with van der Waals surface area (Å²) in [6.07, 6.45) is -6.22. The smallest absolute Gasteiger partial charge is 0.192 e. The molecule has 0 fully saturated rings. The minimum absolute atomic E-state index is 0.00125. The Balaban J connectivity index is 1.53. The fourth-order valence-corrected chi connectivity index (χ4v) is 4.61. The van der Waals surface area contributed by atoms with E-state index in [1.54, 1.807) is 32.9 Å². The van der Waals surface area contributed by atoms with E-state index in [1.165, 1.54) is 30.3 Å². The average Bonchev–Trinajstić information content (AvgIpc) is 2.87. The van der Waals surface area contributed by atoms with Crippen LogP contribution < -0.4 is 10.2 Å². The summed E-state index contributed by atoms with van der Waals surface area (Å²) in [5.74, 6) is 1.01. The van der Waals surface area contributed by atoms with Crippen molar-refractivity contribution in [2.45, 2.75) is 69.2 Å². The van der Waals surface area contributed by atoms with Crippen LogP contribution in [-0.4, -0.2) is 79.5 Å². The van der Waals surface area contributed by atoms with E-state index in [-0.39, 0.29) is 24.0 Å². The summed E-state index contributed by atoms with van der Waals surface area (Å²) in [6, 6.07) is 10.6. The molecule has 5 atom stereocenters. The van der Waals surface area contributed by atoms with Gasteiger partial charge in [-0.25, -0.2) is 9.78 Å². The van der Waals surface area contributed by atoms with Crippen molar-refractivity contribution >= 4 is 11.0 Å². The summed E-state index contributed by atoms with van der Waals surface area (Å²) in [4.78, 5) is 23.5. The molecule has 1 aromatic heterocycles. The molecule has 6 N–H and O–H groups in total. The van der Waals surface area contributed by atoms with Crippen molar-refractivity contribution < 1.29 is 49.6 Å². The fourth-order valence-electron chi connectivity index (χ4n) is 4.61. The lowest BCUT2D eigenvalue weighted by Gasteiger charge is -2.40. The van der Waals surface area contributed by atoms with Crippen LogP contribution in [0, 0.1) is 6.92 Å². The second-order valence-corrected chi connectivity index (χ2v) is 10.6. The summed E-state index contributed by atoms with van der Waals surface area (Å²) >= 11 is 0. The molecule has 0 saturated carbocycles. The molecule has 1 aliphatic rings. The van der Waals surface area contributed by atoms with Crippen molar-refractivity contribution in [1.29, 1.82) is 0 Å². The van der Waals surface area contributed by atoms with Gasteiger partial charge in [-0.3, -0.25) is 4.79 Å². The van der Waals surface area contributed by atoms with Gasteiger partial charge in [0.2, 0.25) is 0 Å². The van der Waals surface area contributed by atoms with Gasteiger partial charge < -0.3 is 39.8 Å². The standard InChI is InChI=1S/C28H34O11/c1-15-8-20(31)19-9-17-10-24(27(2,3)38-22(17)11-23(19)37-15)39-36-14-28(35,26(34)25(33)21(32)13-29)12-16-4-6-18(30)7-5-16/h4-9,11,21,24-26,29-30,32-35H,10,12-14H2,1-3H3/t21-,24-,25-,26+,28+/m1/s1. The number of fused-ring (bicyclic) bond motifs is 2. The number of aryl methyl sites for hydroxylation is 1. The van der Waals surface area contributed by atoms with E-state index in [1.807, 2.05) is 0 Å². The van der Waals surface area contributed by atoms with Crippen LogP contribution in [0.5, 0.6) is 11.5 Å². The van der Waals surface area contributed by atoms with E-state index in [0.717, 1.165) is 0 Å². The number of aliphatic hydroxyl groups excluding tert-OH is 4. The van der Waals surface area contributed by atoms with Gasteiger partial charge in [0.05, 0.1) is 12.0 Å². The minimum Gasteiger partial charge on any atom is -0.508 e. The highest BCUT2D eigenvalue weighted by atomic mass is 17.2. The molecular formula is C28H34O11. The van der Waals surface area contributed by atoms with Crippen LogP contribution in [-0.2, 0) is 22.6 Å². The Morgan fingerprint density at radius 1 is 1.13 bits per heavy atom. The van der Waals surface area contributed by atoms with Gasteiger partial charge in [0, 0.05) is 25.0 Å². The van der Waals surface area contributed by atoms with Gasteiger partial charge in [-0.15, -0.1) is 0 Å². The zero-order valence-electron chi connectivity index (χ0n) is 21.9. The molecule has 212 valence electrons. The number of hydrogen-bond donors (Lipinski definition) is 6. The van der Waals surface area contributed by atoms with Crippen LogP contribution in [0.25, 0.3) is 11.0 Å². The van der Waals surface area contributed by atoms with Crippen molar-refractivity contribution in [2.75, 3.05) is 13.2 Å². The maximum Gasteiger partial charge on any atom is 0.192 e. The van der Waals surface area contributed by atoms with Gasteiger partial charge in [-0.05, 0) is 50.1 Å². The molecule has 11 nitrogen and oxygen atoms in total. The maximum atomic E-state index is 12.5. The normalized spacial score (nSPS) is 20.5. The predicted molar refractivity (Wildman–Crippen MR) is 138 cm³/mol. The first-order valence-electron chi connectivity index (χ1n) is 12.5. The molecule has 0 aliphatic carbocycles. The van der Waals surface area contributed by atoms with E-state index in [0.29, 0.717) is 33.6 Å².